The minimum absolute atomic E-state index is 0.0595. The minimum Gasteiger partial charge on any atom is -0.383 e. The summed E-state index contributed by atoms with van der Waals surface area (Å²) >= 11 is 0.0985. The van der Waals surface area contributed by atoms with Crippen LogP contribution in [-0.2, 0) is 34.5 Å². The number of rotatable bonds is 12. The van der Waals surface area contributed by atoms with E-state index in [2.05, 4.69) is 0 Å². The summed E-state index contributed by atoms with van der Waals surface area (Å²) in [5.41, 5.74) is -4.63. The van der Waals surface area contributed by atoms with Gasteiger partial charge in [0.25, 0.3) is 0 Å². The molecule has 5 aromatic rings. The Hall–Kier alpha value is -4.52. The Morgan fingerprint density at radius 3 is 2.34 bits per heavy atom. The Morgan fingerprint density at radius 1 is 1.00 bits per heavy atom. The lowest BCUT2D eigenvalue weighted by atomic mass is 10.00. The molecule has 0 aliphatic carbocycles. The SMILES string of the molecule is [2H]c1c(C)c([2H])c2c(=O)c([2H])c(SC([2H])([2H])c3cccc(F)c3F)n(CC(=O)N(Cc3ccc(-c4ccc(C(F)(F)F)cc4)cc3)C3CCN(C([2H])([2H])C([2H])([2H])OC)CC3)c2c1[2H]. The number of fused-ring (bicyclic) bond motifs is 1. The van der Waals surface area contributed by atoms with E-state index in [0.717, 1.165) is 42.0 Å². The van der Waals surface area contributed by atoms with Gasteiger partial charge in [-0.15, -0.1) is 11.8 Å². The summed E-state index contributed by atoms with van der Waals surface area (Å²) in [6.07, 6.45) is -4.36. The Labute approximate surface area is 323 Å². The zero-order valence-electron chi connectivity index (χ0n) is 38.5. The number of methoxy groups -OCH3 is 1. The predicted molar refractivity (Wildman–Crippen MR) is 198 cm³/mol. The first-order valence-corrected chi connectivity index (χ1v) is 17.3. The molecule has 0 saturated carbocycles. The summed E-state index contributed by atoms with van der Waals surface area (Å²) in [6, 6.07) is 10.6. The van der Waals surface area contributed by atoms with Gasteiger partial charge in [0.2, 0.25) is 5.91 Å². The molecule has 0 unspecified atom stereocenters. The first-order chi connectivity index (χ1) is 29.3. The van der Waals surface area contributed by atoms with E-state index in [-0.39, 0.29) is 49.8 Å². The van der Waals surface area contributed by atoms with Crippen LogP contribution in [-0.4, -0.2) is 59.6 Å². The summed E-state index contributed by atoms with van der Waals surface area (Å²) in [5.74, 6) is -3.68. The highest BCUT2D eigenvalue weighted by Crippen LogP contribution is 2.32. The number of benzene rings is 4. The number of hydrogen-bond donors (Lipinski definition) is 0. The minimum atomic E-state index is -4.53. The van der Waals surface area contributed by atoms with Crippen LogP contribution < -0.4 is 5.43 Å². The van der Waals surface area contributed by atoms with Crippen molar-refractivity contribution >= 4 is 28.6 Å². The van der Waals surface area contributed by atoms with Crippen molar-refractivity contribution in [1.29, 1.82) is 0 Å². The van der Waals surface area contributed by atoms with Gasteiger partial charge in [-0.05, 0) is 66.7 Å². The summed E-state index contributed by atoms with van der Waals surface area (Å²) in [7, 11) is 1.03. The average Bonchev–Trinajstić information content (AvgIpc) is 3.24. The lowest BCUT2D eigenvalue weighted by molar-refractivity contribution is -0.137. The van der Waals surface area contributed by atoms with Gasteiger partial charge in [-0.2, -0.15) is 13.2 Å². The molecule has 1 aromatic heterocycles. The van der Waals surface area contributed by atoms with E-state index in [1.807, 2.05) is 0 Å². The van der Waals surface area contributed by atoms with Gasteiger partial charge in [-0.25, -0.2) is 8.78 Å². The molecule has 12 heteroatoms. The number of thioether (sulfide) groups is 1. The zero-order valence-corrected chi connectivity index (χ0v) is 29.4. The largest absolute Gasteiger partial charge is 0.416 e. The smallest absolute Gasteiger partial charge is 0.383 e. The number of nitrogens with zero attached hydrogens (tertiary/aromatic N) is 3. The van der Waals surface area contributed by atoms with E-state index in [9.17, 15) is 27.2 Å². The molecule has 278 valence electrons. The van der Waals surface area contributed by atoms with Gasteiger partial charge in [0.1, 0.15) is 6.54 Å². The van der Waals surface area contributed by atoms with Crippen LogP contribution in [0.15, 0.2) is 101 Å². The van der Waals surface area contributed by atoms with Crippen LogP contribution in [0.2, 0.25) is 0 Å². The summed E-state index contributed by atoms with van der Waals surface area (Å²) in [6.45, 7) is -5.08. The number of carbonyl (C=O) groups excluding carboxylic acids is 1. The average molecular weight is 760 g/mol. The van der Waals surface area contributed by atoms with Crippen molar-refractivity contribution in [2.75, 3.05) is 33.3 Å². The number of amides is 1. The fourth-order valence-electron chi connectivity index (χ4n) is 6.00. The van der Waals surface area contributed by atoms with Crippen LogP contribution in [0.5, 0.6) is 0 Å². The van der Waals surface area contributed by atoms with E-state index in [4.69, 9.17) is 18.4 Å². The molecular formula is C41H40F5N3O3S. The third kappa shape index (κ3) is 9.17. The number of hydrogen-bond acceptors (Lipinski definition) is 5. The molecule has 1 fully saturated rings. The first kappa shape index (κ1) is 27.1. The van der Waals surface area contributed by atoms with Crippen molar-refractivity contribution in [3.05, 3.63) is 135 Å². The molecule has 6 nitrogen and oxygen atoms in total. The maximum Gasteiger partial charge on any atom is 0.416 e. The quantitative estimate of drug-likeness (QED) is 0.0942. The summed E-state index contributed by atoms with van der Waals surface area (Å²) in [5, 5.41) is -1.09. The second-order valence-electron chi connectivity index (χ2n) is 12.3. The van der Waals surface area contributed by atoms with Crippen molar-refractivity contribution in [3.8, 4) is 11.1 Å². The molecule has 2 heterocycles. The van der Waals surface area contributed by atoms with Crippen molar-refractivity contribution in [1.82, 2.24) is 14.4 Å². The second kappa shape index (κ2) is 16.7. The molecular weight excluding hydrogens is 710 g/mol. The predicted octanol–water partition coefficient (Wildman–Crippen LogP) is 8.71. The standard InChI is InChI=1S/C41H40F5N3O3S/c1-27-6-15-36-34(22-27)37(50)23-39(53-26-31-4-3-5-35(42)40(31)43)49(36)25-38(51)48(33-16-18-47(19-17-33)20-21-52-2)24-28-7-9-29(10-8-28)30-11-13-32(14-12-30)41(44,45)46/h3-15,22-23,33H,16-21,24-26H2,1-2H3/i6D,15D,20D2,21D2,22D,23D,26D2. The van der Waals surface area contributed by atoms with Crippen LogP contribution in [0.25, 0.3) is 22.0 Å². The van der Waals surface area contributed by atoms with Crippen molar-refractivity contribution in [2.24, 2.45) is 0 Å². The van der Waals surface area contributed by atoms with Crippen molar-refractivity contribution in [2.45, 2.75) is 55.8 Å². The van der Waals surface area contributed by atoms with E-state index in [1.54, 1.807) is 24.3 Å². The van der Waals surface area contributed by atoms with Gasteiger partial charge in [-0.1, -0.05) is 60.1 Å². The van der Waals surface area contributed by atoms with E-state index >= 15 is 4.39 Å². The molecule has 0 radical (unpaired) electrons. The van der Waals surface area contributed by atoms with Gasteiger partial charge >= 0.3 is 6.18 Å². The fraction of sp³-hybridized carbons (Fsp3) is 0.317. The molecule has 1 saturated heterocycles. The molecule has 53 heavy (non-hydrogen) atoms. The van der Waals surface area contributed by atoms with Gasteiger partial charge in [0.15, 0.2) is 17.1 Å². The van der Waals surface area contributed by atoms with Gasteiger partial charge in [0.05, 0.1) is 30.9 Å². The Balaban J connectivity index is 1.45. The molecule has 0 bridgehead atoms. The molecule has 0 atom stereocenters. The summed E-state index contributed by atoms with van der Waals surface area (Å²) < 4.78 is 161. The Bertz CT molecular complexity index is 2610. The summed E-state index contributed by atoms with van der Waals surface area (Å²) in [4.78, 5) is 31.4. The number of aromatic nitrogens is 1. The maximum atomic E-state index is 15.1. The number of piperidine rings is 1. The number of pyridine rings is 1. The molecule has 1 aliphatic rings. The van der Waals surface area contributed by atoms with Crippen LogP contribution in [0.3, 0.4) is 0 Å². The van der Waals surface area contributed by atoms with Gasteiger partial charge < -0.3 is 19.1 Å². The first-order valence-electron chi connectivity index (χ1n) is 21.5. The van der Waals surface area contributed by atoms with Crippen LogP contribution in [0.4, 0.5) is 22.0 Å². The topological polar surface area (TPSA) is 54.8 Å². The Kier molecular flexibility index (Phi) is 8.52. The highest BCUT2D eigenvalue weighted by atomic mass is 32.2. The zero-order chi connectivity index (χ0) is 46.6. The normalized spacial score (nSPS) is 17.7. The lowest BCUT2D eigenvalue weighted by Crippen LogP contribution is -2.48. The fourth-order valence-corrected chi connectivity index (χ4v) is 6.78. The van der Waals surface area contributed by atoms with Gasteiger partial charge in [0, 0.05) is 67.5 Å². The molecule has 0 N–H and O–H groups in total. The Morgan fingerprint density at radius 2 is 1.68 bits per heavy atom. The van der Waals surface area contributed by atoms with E-state index < -0.39 is 112 Å². The number of likely N-dealkylation sites (tertiary alicyclic amines) is 1. The number of halogens is 5. The van der Waals surface area contributed by atoms with Crippen LogP contribution in [0, 0.1) is 18.6 Å². The second-order valence-corrected chi connectivity index (χ2v) is 13.1. The van der Waals surface area contributed by atoms with Crippen LogP contribution in [0.1, 0.15) is 48.8 Å². The maximum absolute atomic E-state index is 15.1. The number of ether oxygens (including phenoxy) is 1. The molecule has 4 aromatic carbocycles. The van der Waals surface area contributed by atoms with E-state index in [1.165, 1.54) is 28.9 Å². The molecule has 1 amide bonds. The third-order valence-corrected chi connectivity index (χ3v) is 9.60. The monoisotopic (exact) mass is 759 g/mol. The highest BCUT2D eigenvalue weighted by Gasteiger charge is 2.31. The number of carbonyl (C=O) groups is 1. The molecule has 6 rings (SSSR count). The van der Waals surface area contributed by atoms with Crippen molar-refractivity contribution < 1.29 is 45.2 Å². The number of alkyl halides is 3. The van der Waals surface area contributed by atoms with Crippen molar-refractivity contribution in [3.63, 3.8) is 0 Å². The molecule has 0 spiro atoms. The van der Waals surface area contributed by atoms with E-state index in [0.29, 0.717) is 16.7 Å². The van der Waals surface area contributed by atoms with Crippen LogP contribution >= 0.6 is 11.8 Å². The lowest BCUT2D eigenvalue weighted by Gasteiger charge is -2.39. The van der Waals surface area contributed by atoms with Gasteiger partial charge in [-0.3, -0.25) is 9.59 Å². The third-order valence-electron chi connectivity index (χ3n) is 8.77. The molecule has 1 aliphatic heterocycles. The highest BCUT2D eigenvalue weighted by molar-refractivity contribution is 7.98.